The van der Waals surface area contributed by atoms with Gasteiger partial charge in [0.05, 0.1) is 15.7 Å². The number of benzene rings is 5. The summed E-state index contributed by atoms with van der Waals surface area (Å²) in [5.41, 5.74) is 5.79. The van der Waals surface area contributed by atoms with Crippen LogP contribution in [0.3, 0.4) is 0 Å². The molecule has 0 aliphatic carbocycles. The highest BCUT2D eigenvalue weighted by Crippen LogP contribution is 2.42. The van der Waals surface area contributed by atoms with Gasteiger partial charge in [0.2, 0.25) is 5.91 Å². The fraction of sp³-hybridized carbons (Fsp3) is 0.239. The van der Waals surface area contributed by atoms with Crippen LogP contribution >= 0.6 is 46.1 Å². The van der Waals surface area contributed by atoms with Gasteiger partial charge in [-0.25, -0.2) is 18.2 Å². The number of halogens is 3. The number of fused-ring (bicyclic) bond motifs is 2. The molecule has 0 saturated heterocycles. The van der Waals surface area contributed by atoms with Gasteiger partial charge in [0.25, 0.3) is 10.0 Å². The minimum absolute atomic E-state index is 0.0164. The number of hydrogen-bond donors (Lipinski definition) is 3. The van der Waals surface area contributed by atoms with E-state index < -0.39 is 40.1 Å². The molecule has 0 saturated carbocycles. The lowest BCUT2D eigenvalue weighted by Gasteiger charge is -2.36. The highest BCUT2D eigenvalue weighted by molar-refractivity contribution is 7.91. The number of carboxylic acid groups (broad SMARTS) is 1. The molecule has 1 aromatic heterocycles. The minimum Gasteiger partial charge on any atom is -0.489 e. The summed E-state index contributed by atoms with van der Waals surface area (Å²) < 4.78 is 49.0. The maximum Gasteiger partial charge on any atom is 0.326 e. The first-order valence-corrected chi connectivity index (χ1v) is 23.4. The number of carbonyl (C=O) groups is 2. The molecule has 0 fully saturated rings. The largest absolute Gasteiger partial charge is 0.489 e. The van der Waals surface area contributed by atoms with Gasteiger partial charge < -0.3 is 30.0 Å². The highest BCUT2D eigenvalue weighted by Gasteiger charge is 2.43. The van der Waals surface area contributed by atoms with Crippen LogP contribution in [0.1, 0.15) is 46.5 Å². The standard InChI is InChI=1S/C46H41Cl3N4O8S2/c1-3-50-46-51-26(2)45(62-46)63(57,58)53-23-33-22-41-40(60-25-42(61-41)31-11-15-35(16-12-31)59-24-28-6-17-36(48)37(49)18-28)21-32(33)20-39(53)43(54)52-38(44(55)56)19-27-4-7-29(8-5-27)30-9-13-34(47)14-10-30/h4-18,21-22,38-39,42H,3,19-20,23-25H2,1-2H3,(H,50,51)(H,52,54)(H,55,56)/t38-,39-,42?/m0/s1. The summed E-state index contributed by atoms with van der Waals surface area (Å²) >= 11 is 19.2. The van der Waals surface area contributed by atoms with E-state index in [1.165, 1.54) is 0 Å². The Kier molecular flexibility index (Phi) is 13.2. The van der Waals surface area contributed by atoms with Crippen LogP contribution in [0.5, 0.6) is 17.2 Å². The number of aliphatic carboxylic acids is 1. The Labute approximate surface area is 383 Å². The van der Waals surface area contributed by atoms with Gasteiger partial charge in [0.1, 0.15) is 31.0 Å². The highest BCUT2D eigenvalue weighted by atomic mass is 35.5. The SMILES string of the molecule is CCNc1nc(C)c(S(=O)(=O)N2Cc3cc4c(cc3C[C@H]2C(=O)N[C@@H](Cc2ccc(-c3ccc(Cl)cc3)cc2)C(=O)O)OCC(c2ccc(OCc3ccc(Cl)c(Cl)c3)cc2)O4)s1. The second kappa shape index (κ2) is 18.8. The van der Waals surface area contributed by atoms with Crippen molar-refractivity contribution in [3.8, 4) is 28.4 Å². The molecule has 3 atom stereocenters. The molecule has 2 aliphatic heterocycles. The lowest BCUT2D eigenvalue weighted by Crippen LogP contribution is -2.55. The Morgan fingerprint density at radius 1 is 0.905 bits per heavy atom. The average molecular weight is 948 g/mol. The van der Waals surface area contributed by atoms with Crippen molar-refractivity contribution in [2.45, 2.75) is 62.2 Å². The Morgan fingerprint density at radius 2 is 1.59 bits per heavy atom. The lowest BCUT2D eigenvalue weighted by atomic mass is 9.94. The maximum atomic E-state index is 14.6. The second-order valence-corrected chi connectivity index (χ2v) is 19.4. The summed E-state index contributed by atoms with van der Waals surface area (Å²) in [7, 11) is -4.35. The number of amides is 1. The lowest BCUT2D eigenvalue weighted by molar-refractivity contribution is -0.142. The molecule has 0 bridgehead atoms. The molecular formula is C46H41Cl3N4O8S2. The molecule has 8 rings (SSSR count). The predicted octanol–water partition coefficient (Wildman–Crippen LogP) is 9.53. The van der Waals surface area contributed by atoms with E-state index >= 15 is 0 Å². The van der Waals surface area contributed by atoms with Crippen LogP contribution in [0.4, 0.5) is 5.13 Å². The summed E-state index contributed by atoms with van der Waals surface area (Å²) in [4.78, 5) is 31.4. The summed E-state index contributed by atoms with van der Waals surface area (Å²) in [6.45, 7) is 4.31. The molecule has 17 heteroatoms. The topological polar surface area (TPSA) is 156 Å². The Hall–Kier alpha value is -5.35. The van der Waals surface area contributed by atoms with Crippen LogP contribution < -0.4 is 24.8 Å². The van der Waals surface area contributed by atoms with Crippen LogP contribution in [0.25, 0.3) is 11.1 Å². The third kappa shape index (κ3) is 9.91. The molecule has 2 aliphatic rings. The molecular weight excluding hydrogens is 907 g/mol. The summed E-state index contributed by atoms with van der Waals surface area (Å²) in [6, 6.07) is 28.3. The van der Waals surface area contributed by atoms with Crippen LogP contribution in [0, 0.1) is 6.92 Å². The third-order valence-electron chi connectivity index (χ3n) is 10.8. The Balaban J connectivity index is 1.02. The van der Waals surface area contributed by atoms with Crippen molar-refractivity contribution in [3.63, 3.8) is 0 Å². The molecule has 5 aromatic carbocycles. The minimum atomic E-state index is -4.35. The van der Waals surface area contributed by atoms with Crippen LogP contribution in [-0.2, 0) is 45.6 Å². The van der Waals surface area contributed by atoms with E-state index in [0.717, 1.165) is 37.9 Å². The van der Waals surface area contributed by atoms with E-state index in [1.54, 1.807) is 55.5 Å². The molecule has 3 heterocycles. The number of hydrogen-bond acceptors (Lipinski definition) is 10. The first-order chi connectivity index (χ1) is 30.2. The van der Waals surface area contributed by atoms with Crippen molar-refractivity contribution in [1.82, 2.24) is 14.6 Å². The van der Waals surface area contributed by atoms with Crippen molar-refractivity contribution in [3.05, 3.63) is 152 Å². The molecule has 0 radical (unpaired) electrons. The first kappa shape index (κ1) is 44.3. The van der Waals surface area contributed by atoms with Crippen molar-refractivity contribution in [2.75, 3.05) is 18.5 Å². The third-order valence-corrected chi connectivity index (χ3v) is 15.3. The summed E-state index contributed by atoms with van der Waals surface area (Å²) in [6.07, 6.45) is -0.566. The molecule has 0 spiro atoms. The van der Waals surface area contributed by atoms with Gasteiger partial charge in [-0.05, 0) is 108 Å². The number of rotatable bonds is 14. The predicted molar refractivity (Wildman–Crippen MR) is 244 cm³/mol. The van der Waals surface area contributed by atoms with Crippen molar-refractivity contribution < 1.29 is 37.3 Å². The van der Waals surface area contributed by atoms with E-state index in [4.69, 9.17) is 49.0 Å². The number of carbonyl (C=O) groups excluding carboxylic acids is 1. The number of thiazole rings is 1. The van der Waals surface area contributed by atoms with Crippen molar-refractivity contribution in [1.29, 1.82) is 0 Å². The van der Waals surface area contributed by atoms with Gasteiger partial charge in [0.15, 0.2) is 26.9 Å². The number of nitrogens with zero attached hydrogens (tertiary/aromatic N) is 2. The zero-order valence-electron chi connectivity index (χ0n) is 33.9. The van der Waals surface area contributed by atoms with Gasteiger partial charge in [-0.1, -0.05) is 101 Å². The summed E-state index contributed by atoms with van der Waals surface area (Å²) in [5.74, 6) is -0.502. The van der Waals surface area contributed by atoms with Gasteiger partial charge in [-0.15, -0.1) is 0 Å². The molecule has 3 N–H and O–H groups in total. The van der Waals surface area contributed by atoms with Crippen molar-refractivity contribution in [2.24, 2.45) is 0 Å². The fourth-order valence-corrected chi connectivity index (χ4v) is 11.1. The molecule has 1 amide bonds. The van der Waals surface area contributed by atoms with E-state index in [1.807, 2.05) is 61.5 Å². The number of ether oxygens (including phenoxy) is 3. The first-order valence-electron chi connectivity index (χ1n) is 20.0. The van der Waals surface area contributed by atoms with Crippen LogP contribution in [0.2, 0.25) is 15.1 Å². The van der Waals surface area contributed by atoms with Crippen LogP contribution in [0.15, 0.2) is 107 Å². The number of nitrogens with one attached hydrogen (secondary N) is 2. The second-order valence-electron chi connectivity index (χ2n) is 15.1. The van der Waals surface area contributed by atoms with E-state index in [-0.39, 0.29) is 35.9 Å². The quantitative estimate of drug-likeness (QED) is 0.0962. The van der Waals surface area contributed by atoms with Crippen molar-refractivity contribution >= 4 is 73.2 Å². The molecule has 12 nitrogen and oxygen atoms in total. The number of aryl methyl sites for hydroxylation is 1. The fourth-order valence-electron chi connectivity index (χ4n) is 7.48. The van der Waals surface area contributed by atoms with Gasteiger partial charge in [-0.3, -0.25) is 4.79 Å². The smallest absolute Gasteiger partial charge is 0.326 e. The van der Waals surface area contributed by atoms with Crippen LogP contribution in [-0.4, -0.2) is 59.9 Å². The summed E-state index contributed by atoms with van der Waals surface area (Å²) in [5, 5.41) is 18.0. The molecule has 6 aromatic rings. The molecule has 326 valence electrons. The van der Waals surface area contributed by atoms with E-state index in [2.05, 4.69) is 15.6 Å². The number of sulfonamides is 1. The number of carboxylic acids is 1. The van der Waals surface area contributed by atoms with E-state index in [0.29, 0.717) is 67.3 Å². The van der Waals surface area contributed by atoms with E-state index in [9.17, 15) is 23.1 Å². The normalized spacial score (nSPS) is 16.5. The number of anilines is 1. The molecule has 63 heavy (non-hydrogen) atoms. The van der Waals surface area contributed by atoms with Gasteiger partial charge in [0, 0.05) is 24.5 Å². The number of aromatic nitrogens is 1. The average Bonchev–Trinajstić information content (AvgIpc) is 3.66. The van der Waals surface area contributed by atoms with Gasteiger partial charge in [-0.2, -0.15) is 4.31 Å². The molecule has 1 unspecified atom stereocenters. The Morgan fingerprint density at radius 3 is 2.27 bits per heavy atom. The maximum absolute atomic E-state index is 14.6. The zero-order chi connectivity index (χ0) is 44.4. The zero-order valence-corrected chi connectivity index (χ0v) is 37.8. The monoisotopic (exact) mass is 946 g/mol. The van der Waals surface area contributed by atoms with Gasteiger partial charge >= 0.3 is 5.97 Å². The Bertz CT molecular complexity index is 2770.